The molecular formula is C23H23ClN6O4. The summed E-state index contributed by atoms with van der Waals surface area (Å²) in [5.74, 6) is -0.519. The average Bonchev–Trinajstić information content (AvgIpc) is 3.34. The van der Waals surface area contributed by atoms with Gasteiger partial charge in [-0.3, -0.25) is 9.59 Å². The van der Waals surface area contributed by atoms with Crippen LogP contribution in [0.5, 0.6) is 0 Å². The Morgan fingerprint density at radius 2 is 1.79 bits per heavy atom. The van der Waals surface area contributed by atoms with Gasteiger partial charge in [0.1, 0.15) is 12.6 Å². The molecule has 1 fully saturated rings. The lowest BCUT2D eigenvalue weighted by atomic mass is 10.1. The van der Waals surface area contributed by atoms with Crippen molar-refractivity contribution in [3.8, 4) is 0 Å². The van der Waals surface area contributed by atoms with Crippen LogP contribution in [-0.2, 0) is 20.7 Å². The van der Waals surface area contributed by atoms with E-state index in [0.717, 1.165) is 5.69 Å². The van der Waals surface area contributed by atoms with E-state index >= 15 is 0 Å². The average molecular weight is 483 g/mol. The lowest BCUT2D eigenvalue weighted by molar-refractivity contribution is -0.125. The molecule has 11 heteroatoms. The van der Waals surface area contributed by atoms with Crippen molar-refractivity contribution in [1.29, 1.82) is 0 Å². The minimum Gasteiger partial charge on any atom is -0.370 e. The molecule has 4 amide bonds. The maximum atomic E-state index is 13.0. The van der Waals surface area contributed by atoms with Crippen LogP contribution in [-0.4, -0.2) is 53.6 Å². The van der Waals surface area contributed by atoms with Gasteiger partial charge < -0.3 is 30.6 Å². The lowest BCUT2D eigenvalue weighted by Crippen LogP contribution is -2.47. The van der Waals surface area contributed by atoms with Crippen molar-refractivity contribution in [3.05, 3.63) is 71.8 Å². The number of carbonyl (C=O) groups excluding carboxylic acids is 3. The first-order valence-electron chi connectivity index (χ1n) is 10.6. The van der Waals surface area contributed by atoms with Gasteiger partial charge >= 0.3 is 6.03 Å². The quantitative estimate of drug-likeness (QED) is 0.411. The van der Waals surface area contributed by atoms with Gasteiger partial charge in [0.2, 0.25) is 5.91 Å². The number of urea groups is 1. The van der Waals surface area contributed by atoms with Crippen molar-refractivity contribution in [2.75, 3.05) is 35.3 Å². The van der Waals surface area contributed by atoms with Gasteiger partial charge in [0.05, 0.1) is 12.9 Å². The van der Waals surface area contributed by atoms with Crippen molar-refractivity contribution in [1.82, 2.24) is 15.3 Å². The lowest BCUT2D eigenvalue weighted by Gasteiger charge is -2.27. The first-order chi connectivity index (χ1) is 16.5. The van der Waals surface area contributed by atoms with Crippen molar-refractivity contribution in [2.24, 2.45) is 0 Å². The molecule has 0 radical (unpaired) electrons. The molecule has 1 aliphatic heterocycles. The van der Waals surface area contributed by atoms with Gasteiger partial charge in [0.25, 0.3) is 5.91 Å². The molecule has 4 N–H and O–H groups in total. The normalized spacial score (nSPS) is 14.4. The van der Waals surface area contributed by atoms with E-state index in [2.05, 4.69) is 25.9 Å². The smallest absolute Gasteiger partial charge is 0.319 e. The number of nitrogens with zero attached hydrogens (tertiary/aromatic N) is 2. The third-order valence-corrected chi connectivity index (χ3v) is 5.39. The van der Waals surface area contributed by atoms with Gasteiger partial charge in [-0.2, -0.15) is 0 Å². The number of rotatable bonds is 7. The standard InChI is InChI=1S/C23H23ClN6O4/c24-15-1-3-17(4-2-15)28-23(33)29-20(11-18-12-25-14-26-18)22(32)27-16-5-7-19(8-6-16)30-9-10-34-13-21(30)31/h1-8,12,14,20H,9-11,13H2,(H,25,26)(H,27,32)(H2,28,29,33)/t20-/m1/s1. The maximum Gasteiger partial charge on any atom is 0.319 e. The van der Waals surface area contributed by atoms with E-state index in [-0.39, 0.29) is 18.9 Å². The SMILES string of the molecule is O=C(Nc1ccc(Cl)cc1)N[C@H](Cc1cnc[nH]1)C(=O)Nc1ccc(N2CCOCC2=O)cc1. The topological polar surface area (TPSA) is 128 Å². The highest BCUT2D eigenvalue weighted by atomic mass is 35.5. The van der Waals surface area contributed by atoms with E-state index in [1.165, 1.54) is 6.33 Å². The van der Waals surface area contributed by atoms with E-state index in [0.29, 0.717) is 35.2 Å². The van der Waals surface area contributed by atoms with Gasteiger partial charge in [0.15, 0.2) is 0 Å². The Bertz CT molecular complexity index is 1140. The molecular weight excluding hydrogens is 460 g/mol. The van der Waals surface area contributed by atoms with E-state index in [9.17, 15) is 14.4 Å². The number of imidazole rings is 1. The predicted molar refractivity (Wildman–Crippen MR) is 128 cm³/mol. The van der Waals surface area contributed by atoms with E-state index < -0.39 is 18.0 Å². The second kappa shape index (κ2) is 10.8. The van der Waals surface area contributed by atoms with Crippen LogP contribution in [0, 0.1) is 0 Å². The Morgan fingerprint density at radius 3 is 2.47 bits per heavy atom. The van der Waals surface area contributed by atoms with Crippen molar-refractivity contribution < 1.29 is 19.1 Å². The fourth-order valence-corrected chi connectivity index (χ4v) is 3.56. The van der Waals surface area contributed by atoms with Gasteiger partial charge in [-0.25, -0.2) is 9.78 Å². The number of benzene rings is 2. The third kappa shape index (κ3) is 6.12. The van der Waals surface area contributed by atoms with Crippen LogP contribution < -0.4 is 20.9 Å². The molecule has 1 aromatic heterocycles. The zero-order chi connectivity index (χ0) is 23.9. The first-order valence-corrected chi connectivity index (χ1v) is 10.9. The number of amides is 4. The number of morpholine rings is 1. The zero-order valence-electron chi connectivity index (χ0n) is 18.1. The molecule has 1 aliphatic rings. The first kappa shape index (κ1) is 23.3. The summed E-state index contributed by atoms with van der Waals surface area (Å²) in [5.41, 5.74) is 2.48. The number of hydrogen-bond donors (Lipinski definition) is 4. The summed E-state index contributed by atoms with van der Waals surface area (Å²) in [6.07, 6.45) is 3.30. The van der Waals surface area contributed by atoms with Crippen LogP contribution >= 0.6 is 11.6 Å². The number of H-pyrrole nitrogens is 1. The fourth-order valence-electron chi connectivity index (χ4n) is 3.43. The monoisotopic (exact) mass is 482 g/mol. The largest absolute Gasteiger partial charge is 0.370 e. The predicted octanol–water partition coefficient (Wildman–Crippen LogP) is 2.80. The number of aromatic nitrogens is 2. The van der Waals surface area contributed by atoms with Crippen molar-refractivity contribution in [2.45, 2.75) is 12.5 Å². The summed E-state index contributed by atoms with van der Waals surface area (Å²) in [5, 5.41) is 8.74. The van der Waals surface area contributed by atoms with Gasteiger partial charge in [-0.15, -0.1) is 0 Å². The van der Waals surface area contributed by atoms with Crippen LogP contribution in [0.1, 0.15) is 5.69 Å². The summed E-state index contributed by atoms with van der Waals surface area (Å²) in [4.78, 5) is 46.1. The summed E-state index contributed by atoms with van der Waals surface area (Å²) in [7, 11) is 0. The Morgan fingerprint density at radius 1 is 1.09 bits per heavy atom. The van der Waals surface area contributed by atoms with Crippen LogP contribution in [0.25, 0.3) is 0 Å². The highest BCUT2D eigenvalue weighted by molar-refractivity contribution is 6.30. The molecule has 1 saturated heterocycles. The highest BCUT2D eigenvalue weighted by Gasteiger charge is 2.23. The zero-order valence-corrected chi connectivity index (χ0v) is 18.8. The second-order valence-electron chi connectivity index (χ2n) is 7.57. The molecule has 0 spiro atoms. The molecule has 0 saturated carbocycles. The third-order valence-electron chi connectivity index (χ3n) is 5.14. The Balaban J connectivity index is 1.42. The van der Waals surface area contributed by atoms with E-state index in [1.54, 1.807) is 59.6 Å². The number of halogens is 1. The summed E-state index contributed by atoms with van der Waals surface area (Å²) < 4.78 is 5.15. The summed E-state index contributed by atoms with van der Waals surface area (Å²) in [6.45, 7) is 1.00. The minimum atomic E-state index is -0.881. The molecule has 176 valence electrons. The number of anilines is 3. The Labute approximate surface area is 200 Å². The van der Waals surface area contributed by atoms with Crippen LogP contribution in [0.3, 0.4) is 0 Å². The molecule has 0 aliphatic carbocycles. The molecule has 2 aromatic carbocycles. The van der Waals surface area contributed by atoms with Crippen molar-refractivity contribution >= 4 is 46.5 Å². The van der Waals surface area contributed by atoms with E-state index in [4.69, 9.17) is 16.3 Å². The van der Waals surface area contributed by atoms with Gasteiger partial charge in [-0.1, -0.05) is 11.6 Å². The molecule has 0 bridgehead atoms. The Kier molecular flexibility index (Phi) is 7.41. The Hall–Kier alpha value is -3.89. The summed E-state index contributed by atoms with van der Waals surface area (Å²) in [6, 6.07) is 12.1. The molecule has 3 aromatic rings. The molecule has 0 unspecified atom stereocenters. The molecule has 34 heavy (non-hydrogen) atoms. The van der Waals surface area contributed by atoms with Gasteiger partial charge in [-0.05, 0) is 48.5 Å². The van der Waals surface area contributed by atoms with Gasteiger partial charge in [0, 0.05) is 46.9 Å². The summed E-state index contributed by atoms with van der Waals surface area (Å²) >= 11 is 5.88. The number of carbonyl (C=O) groups is 3. The molecule has 1 atom stereocenters. The number of nitrogens with one attached hydrogen (secondary N) is 4. The highest BCUT2D eigenvalue weighted by Crippen LogP contribution is 2.20. The minimum absolute atomic E-state index is 0.0531. The van der Waals surface area contributed by atoms with Crippen molar-refractivity contribution in [3.63, 3.8) is 0 Å². The molecule has 2 heterocycles. The van der Waals surface area contributed by atoms with E-state index in [1.807, 2.05) is 0 Å². The van der Waals surface area contributed by atoms with Crippen LogP contribution in [0.15, 0.2) is 61.1 Å². The number of aromatic amines is 1. The molecule has 4 rings (SSSR count). The van der Waals surface area contributed by atoms with Crippen LogP contribution in [0.4, 0.5) is 21.9 Å². The van der Waals surface area contributed by atoms with Crippen LogP contribution in [0.2, 0.25) is 5.02 Å². The number of ether oxygens (including phenoxy) is 1. The second-order valence-corrected chi connectivity index (χ2v) is 8.01. The fraction of sp³-hybridized carbons (Fsp3) is 0.217. The number of hydrogen-bond acceptors (Lipinski definition) is 5. The maximum absolute atomic E-state index is 13.0. The molecule has 10 nitrogen and oxygen atoms in total.